The van der Waals surface area contributed by atoms with Gasteiger partial charge in [0.2, 0.25) is 0 Å². The smallest absolute Gasteiger partial charge is 0.407 e. The Kier molecular flexibility index (Phi) is 3.69. The summed E-state index contributed by atoms with van der Waals surface area (Å²) in [7, 11) is 0. The Labute approximate surface area is 102 Å². The maximum absolute atomic E-state index is 11.5. The zero-order valence-electron chi connectivity index (χ0n) is 10.9. The van der Waals surface area contributed by atoms with Gasteiger partial charge in [-0.3, -0.25) is 4.79 Å². The van der Waals surface area contributed by atoms with Crippen LogP contribution in [-0.2, 0) is 9.53 Å². The zero-order valence-corrected chi connectivity index (χ0v) is 10.9. The van der Waals surface area contributed by atoms with Crippen molar-refractivity contribution in [3.8, 4) is 0 Å². The number of ether oxygens (including phenoxy) is 1. The number of rotatable bonds is 2. The summed E-state index contributed by atoms with van der Waals surface area (Å²) in [6.45, 7) is 7.10. The SMILES string of the molecule is CC(C)(C)OC(=O)NC1CC[C@](C)(C(=O)O)C1. The molecule has 0 heterocycles. The van der Waals surface area contributed by atoms with Gasteiger partial charge < -0.3 is 15.2 Å². The predicted octanol–water partition coefficient (Wildman–Crippen LogP) is 2.15. The minimum absolute atomic E-state index is 0.106. The average molecular weight is 243 g/mol. The van der Waals surface area contributed by atoms with Crippen molar-refractivity contribution in [2.24, 2.45) is 5.41 Å². The molecule has 0 aromatic carbocycles. The van der Waals surface area contributed by atoms with Crippen molar-refractivity contribution in [1.29, 1.82) is 0 Å². The molecule has 0 aromatic rings. The molecule has 2 atom stereocenters. The summed E-state index contributed by atoms with van der Waals surface area (Å²) >= 11 is 0. The van der Waals surface area contributed by atoms with Crippen LogP contribution < -0.4 is 5.32 Å². The van der Waals surface area contributed by atoms with Crippen molar-refractivity contribution in [3.05, 3.63) is 0 Å². The molecule has 17 heavy (non-hydrogen) atoms. The highest BCUT2D eigenvalue weighted by atomic mass is 16.6. The quantitative estimate of drug-likeness (QED) is 0.779. The average Bonchev–Trinajstić information content (AvgIpc) is 2.45. The second kappa shape index (κ2) is 4.55. The van der Waals surface area contributed by atoms with Crippen LogP contribution in [-0.4, -0.2) is 28.8 Å². The third kappa shape index (κ3) is 3.91. The first-order valence-electron chi connectivity index (χ1n) is 5.85. The Hall–Kier alpha value is -1.26. The van der Waals surface area contributed by atoms with E-state index in [0.29, 0.717) is 19.3 Å². The third-order valence-electron chi connectivity index (χ3n) is 2.98. The monoisotopic (exact) mass is 243 g/mol. The van der Waals surface area contributed by atoms with Crippen LogP contribution in [0.5, 0.6) is 0 Å². The Balaban J connectivity index is 2.46. The molecule has 0 spiro atoms. The molecule has 0 bridgehead atoms. The Morgan fingerprint density at radius 2 is 2.00 bits per heavy atom. The standard InChI is InChI=1S/C12H21NO4/c1-11(2,3)17-10(16)13-8-5-6-12(4,7-8)9(14)15/h8H,5-7H2,1-4H3,(H,13,16)(H,14,15)/t8?,12-/m0/s1. The summed E-state index contributed by atoms with van der Waals surface area (Å²) in [6.07, 6.45) is 1.25. The number of carbonyl (C=O) groups excluding carboxylic acids is 1. The Morgan fingerprint density at radius 3 is 2.41 bits per heavy atom. The van der Waals surface area contributed by atoms with Gasteiger partial charge in [0.25, 0.3) is 0 Å². The van der Waals surface area contributed by atoms with Crippen molar-refractivity contribution in [2.75, 3.05) is 0 Å². The fourth-order valence-electron chi connectivity index (χ4n) is 2.03. The predicted molar refractivity (Wildman–Crippen MR) is 62.8 cm³/mol. The molecule has 1 saturated carbocycles. The molecule has 0 radical (unpaired) electrons. The summed E-state index contributed by atoms with van der Waals surface area (Å²) in [6, 6.07) is -0.106. The molecule has 0 aliphatic heterocycles. The second-order valence-corrected chi connectivity index (χ2v) is 5.95. The number of aliphatic carboxylic acids is 1. The second-order valence-electron chi connectivity index (χ2n) is 5.95. The van der Waals surface area contributed by atoms with Gasteiger partial charge in [0.15, 0.2) is 0 Å². The van der Waals surface area contributed by atoms with E-state index in [9.17, 15) is 9.59 Å². The first-order valence-corrected chi connectivity index (χ1v) is 5.85. The van der Waals surface area contributed by atoms with Gasteiger partial charge in [-0.05, 0) is 47.0 Å². The maximum atomic E-state index is 11.5. The van der Waals surface area contributed by atoms with Crippen molar-refractivity contribution in [1.82, 2.24) is 5.32 Å². The van der Waals surface area contributed by atoms with Crippen molar-refractivity contribution in [3.63, 3.8) is 0 Å². The van der Waals surface area contributed by atoms with Crippen molar-refractivity contribution in [2.45, 2.75) is 58.6 Å². The molecule has 1 fully saturated rings. The van der Waals surface area contributed by atoms with Gasteiger partial charge in [0, 0.05) is 6.04 Å². The summed E-state index contributed by atoms with van der Waals surface area (Å²) < 4.78 is 5.13. The molecule has 1 aliphatic rings. The number of alkyl carbamates (subject to hydrolysis) is 1. The van der Waals surface area contributed by atoms with E-state index in [1.165, 1.54) is 0 Å². The summed E-state index contributed by atoms with van der Waals surface area (Å²) in [5, 5.41) is 11.8. The number of hydrogen-bond donors (Lipinski definition) is 2. The van der Waals surface area contributed by atoms with E-state index in [4.69, 9.17) is 9.84 Å². The molecule has 1 rings (SSSR count). The number of carbonyl (C=O) groups is 2. The van der Waals surface area contributed by atoms with Crippen LogP contribution in [0, 0.1) is 5.41 Å². The first kappa shape index (κ1) is 13.8. The van der Waals surface area contributed by atoms with Gasteiger partial charge in [-0.15, -0.1) is 0 Å². The van der Waals surface area contributed by atoms with Crippen LogP contribution >= 0.6 is 0 Å². The van der Waals surface area contributed by atoms with Gasteiger partial charge in [-0.2, -0.15) is 0 Å². The van der Waals surface area contributed by atoms with Crippen LogP contribution in [0.3, 0.4) is 0 Å². The van der Waals surface area contributed by atoms with Gasteiger partial charge in [-0.1, -0.05) is 0 Å². The van der Waals surface area contributed by atoms with E-state index < -0.39 is 23.1 Å². The topological polar surface area (TPSA) is 75.6 Å². The largest absolute Gasteiger partial charge is 0.481 e. The summed E-state index contributed by atoms with van der Waals surface area (Å²) in [5.41, 5.74) is -1.25. The highest BCUT2D eigenvalue weighted by Crippen LogP contribution is 2.38. The van der Waals surface area contributed by atoms with E-state index in [2.05, 4.69) is 5.32 Å². The number of nitrogens with one attached hydrogen (secondary N) is 1. The number of hydrogen-bond acceptors (Lipinski definition) is 3. The van der Waals surface area contributed by atoms with E-state index >= 15 is 0 Å². The Morgan fingerprint density at radius 1 is 1.41 bits per heavy atom. The number of carboxylic acid groups (broad SMARTS) is 1. The van der Waals surface area contributed by atoms with Crippen molar-refractivity contribution >= 4 is 12.1 Å². The van der Waals surface area contributed by atoms with E-state index in [1.54, 1.807) is 27.7 Å². The highest BCUT2D eigenvalue weighted by molar-refractivity contribution is 5.75. The molecule has 1 aliphatic carbocycles. The molecule has 2 N–H and O–H groups in total. The minimum atomic E-state index is -0.800. The van der Waals surface area contributed by atoms with Crippen LogP contribution in [0.15, 0.2) is 0 Å². The van der Waals surface area contributed by atoms with Gasteiger partial charge in [0.1, 0.15) is 5.60 Å². The normalized spacial score (nSPS) is 28.8. The zero-order chi connectivity index (χ0) is 13.3. The molecule has 5 heteroatoms. The van der Waals surface area contributed by atoms with Crippen LogP contribution in [0.25, 0.3) is 0 Å². The lowest BCUT2D eigenvalue weighted by molar-refractivity contribution is -0.147. The maximum Gasteiger partial charge on any atom is 0.407 e. The van der Waals surface area contributed by atoms with Crippen LogP contribution in [0.1, 0.15) is 47.0 Å². The molecular formula is C12H21NO4. The van der Waals surface area contributed by atoms with E-state index in [1.807, 2.05) is 0 Å². The van der Waals surface area contributed by atoms with Crippen LogP contribution in [0.4, 0.5) is 4.79 Å². The van der Waals surface area contributed by atoms with Gasteiger partial charge in [-0.25, -0.2) is 4.79 Å². The number of carboxylic acids is 1. The summed E-state index contributed by atoms with van der Waals surface area (Å²) in [5.74, 6) is -0.800. The molecule has 0 aromatic heterocycles. The fraction of sp³-hybridized carbons (Fsp3) is 0.833. The lowest BCUT2D eigenvalue weighted by Crippen LogP contribution is -2.39. The number of amides is 1. The van der Waals surface area contributed by atoms with E-state index in [-0.39, 0.29) is 6.04 Å². The molecule has 1 amide bonds. The molecular weight excluding hydrogens is 222 g/mol. The molecule has 1 unspecified atom stereocenters. The Bertz CT molecular complexity index is 321. The highest BCUT2D eigenvalue weighted by Gasteiger charge is 2.42. The molecule has 98 valence electrons. The van der Waals surface area contributed by atoms with Gasteiger partial charge >= 0.3 is 12.1 Å². The summed E-state index contributed by atoms with van der Waals surface area (Å²) in [4.78, 5) is 22.6. The van der Waals surface area contributed by atoms with Gasteiger partial charge in [0.05, 0.1) is 5.41 Å². The molecule has 5 nitrogen and oxygen atoms in total. The minimum Gasteiger partial charge on any atom is -0.481 e. The first-order chi connectivity index (χ1) is 7.62. The van der Waals surface area contributed by atoms with E-state index in [0.717, 1.165) is 0 Å². The lowest BCUT2D eigenvalue weighted by atomic mass is 9.89. The molecule has 0 saturated heterocycles. The fourth-order valence-corrected chi connectivity index (χ4v) is 2.03. The van der Waals surface area contributed by atoms with Crippen LogP contribution in [0.2, 0.25) is 0 Å². The van der Waals surface area contributed by atoms with Crippen molar-refractivity contribution < 1.29 is 19.4 Å². The lowest BCUT2D eigenvalue weighted by Gasteiger charge is -2.22. The third-order valence-corrected chi connectivity index (χ3v) is 2.98.